The first-order valence-corrected chi connectivity index (χ1v) is 11.9. The number of fused-ring (bicyclic) bond motifs is 1. The molecule has 2 aromatic heterocycles. The van der Waals surface area contributed by atoms with E-state index < -0.39 is 0 Å². The number of anilines is 1. The maximum Gasteiger partial charge on any atom is 0.271 e. The van der Waals surface area contributed by atoms with Gasteiger partial charge in [0.1, 0.15) is 17.3 Å². The number of halogens is 2. The van der Waals surface area contributed by atoms with Crippen LogP contribution in [-0.2, 0) is 6.54 Å². The number of hydrogen-bond acceptors (Lipinski definition) is 4. The number of benzene rings is 2. The zero-order chi connectivity index (χ0) is 22.2. The van der Waals surface area contributed by atoms with Crippen molar-refractivity contribution in [3.05, 3.63) is 82.4 Å². The molecule has 0 saturated carbocycles. The monoisotopic (exact) mass is 541 g/mol. The number of aryl methyl sites for hydroxylation is 1. The summed E-state index contributed by atoms with van der Waals surface area (Å²) in [6.45, 7) is 3.58. The normalized spacial score (nSPS) is 15.3. The molecule has 2 aromatic carbocycles. The van der Waals surface area contributed by atoms with Crippen LogP contribution in [0.15, 0.2) is 65.5 Å². The van der Waals surface area contributed by atoms with Crippen LogP contribution in [0.2, 0.25) is 0 Å². The van der Waals surface area contributed by atoms with Crippen molar-refractivity contribution in [2.45, 2.75) is 13.5 Å². The molecule has 6 nitrogen and oxygen atoms in total. The van der Waals surface area contributed by atoms with Gasteiger partial charge in [-0.25, -0.2) is 9.07 Å². The average molecular weight is 541 g/mol. The van der Waals surface area contributed by atoms with Crippen LogP contribution in [0, 0.1) is 18.7 Å². The quantitative estimate of drug-likeness (QED) is 0.301. The lowest BCUT2D eigenvalue weighted by Gasteiger charge is -2.24. The molecule has 0 saturated heterocycles. The van der Waals surface area contributed by atoms with Crippen LogP contribution in [0.3, 0.4) is 0 Å². The minimum atomic E-state index is -0.298. The molecule has 5 rings (SSSR count). The Morgan fingerprint density at radius 2 is 1.88 bits per heavy atom. The van der Waals surface area contributed by atoms with E-state index in [9.17, 15) is 9.18 Å². The lowest BCUT2D eigenvalue weighted by atomic mass is 10.0. The number of para-hydroxylation sites is 1. The maximum atomic E-state index is 13.6. The fourth-order valence-corrected chi connectivity index (χ4v) is 4.59. The summed E-state index contributed by atoms with van der Waals surface area (Å²) in [4.78, 5) is 12.7. The SMILES string of the molecule is Cc1ccccc1-n1nc(-c2c(-c3ccc(F)cc3)nn3c2NCC(CI)C3)ccc1=O. The first-order chi connectivity index (χ1) is 15.5. The zero-order valence-electron chi connectivity index (χ0n) is 17.4. The molecule has 1 aliphatic rings. The third kappa shape index (κ3) is 3.72. The van der Waals surface area contributed by atoms with Crippen molar-refractivity contribution < 1.29 is 4.39 Å². The summed E-state index contributed by atoms with van der Waals surface area (Å²) in [7, 11) is 0. The number of alkyl halides is 1. The fourth-order valence-electron chi connectivity index (χ4n) is 4.00. The van der Waals surface area contributed by atoms with Gasteiger partial charge in [0.05, 0.1) is 16.9 Å². The van der Waals surface area contributed by atoms with Gasteiger partial charge < -0.3 is 5.32 Å². The minimum absolute atomic E-state index is 0.203. The summed E-state index contributed by atoms with van der Waals surface area (Å²) in [6.07, 6.45) is 0. The van der Waals surface area contributed by atoms with E-state index in [0.29, 0.717) is 17.3 Å². The second kappa shape index (κ2) is 8.50. The number of nitrogens with one attached hydrogen (secondary N) is 1. The van der Waals surface area contributed by atoms with Crippen molar-refractivity contribution in [3.63, 3.8) is 0 Å². The Morgan fingerprint density at radius 3 is 2.62 bits per heavy atom. The lowest BCUT2D eigenvalue weighted by Crippen LogP contribution is -2.29. The Bertz CT molecular complexity index is 1350. The van der Waals surface area contributed by atoms with Crippen molar-refractivity contribution in [2.75, 3.05) is 16.3 Å². The molecule has 3 heterocycles. The number of hydrogen-bond donors (Lipinski definition) is 1. The maximum absolute atomic E-state index is 13.6. The van der Waals surface area contributed by atoms with E-state index in [1.54, 1.807) is 18.2 Å². The second-order valence-corrected chi connectivity index (χ2v) is 8.80. The van der Waals surface area contributed by atoms with Crippen molar-refractivity contribution in [2.24, 2.45) is 5.92 Å². The van der Waals surface area contributed by atoms with Crippen molar-refractivity contribution in [1.82, 2.24) is 19.6 Å². The average Bonchev–Trinajstić information content (AvgIpc) is 3.19. The van der Waals surface area contributed by atoms with Crippen LogP contribution in [0.25, 0.3) is 28.2 Å². The van der Waals surface area contributed by atoms with E-state index >= 15 is 0 Å². The molecule has 0 spiro atoms. The van der Waals surface area contributed by atoms with Gasteiger partial charge in [-0.05, 0) is 48.9 Å². The molecule has 0 aliphatic carbocycles. The van der Waals surface area contributed by atoms with E-state index in [4.69, 9.17) is 10.2 Å². The van der Waals surface area contributed by atoms with Crippen LogP contribution in [0.1, 0.15) is 5.56 Å². The highest BCUT2D eigenvalue weighted by molar-refractivity contribution is 14.1. The van der Waals surface area contributed by atoms with E-state index in [1.165, 1.54) is 22.9 Å². The van der Waals surface area contributed by atoms with Gasteiger partial charge in [-0.1, -0.05) is 40.8 Å². The highest BCUT2D eigenvalue weighted by Gasteiger charge is 2.27. The molecule has 8 heteroatoms. The molecule has 1 atom stereocenters. The van der Waals surface area contributed by atoms with E-state index in [0.717, 1.165) is 45.7 Å². The van der Waals surface area contributed by atoms with Gasteiger partial charge in [0.15, 0.2) is 0 Å². The van der Waals surface area contributed by atoms with Crippen molar-refractivity contribution >= 4 is 28.4 Å². The number of rotatable bonds is 4. The predicted molar refractivity (Wildman–Crippen MR) is 132 cm³/mol. The highest BCUT2D eigenvalue weighted by atomic mass is 127. The molecule has 1 unspecified atom stereocenters. The van der Waals surface area contributed by atoms with E-state index in [-0.39, 0.29) is 11.4 Å². The van der Waals surface area contributed by atoms with Gasteiger partial charge in [-0.3, -0.25) is 4.79 Å². The summed E-state index contributed by atoms with van der Waals surface area (Å²) in [5.74, 6) is 1.03. The first-order valence-electron chi connectivity index (χ1n) is 10.4. The number of nitrogens with zero attached hydrogens (tertiary/aromatic N) is 4. The fraction of sp³-hybridized carbons (Fsp3) is 0.208. The summed E-state index contributed by atoms with van der Waals surface area (Å²) in [5.41, 5.74) is 4.44. The van der Waals surface area contributed by atoms with Crippen LogP contribution >= 0.6 is 22.6 Å². The van der Waals surface area contributed by atoms with Gasteiger partial charge in [0.2, 0.25) is 0 Å². The Hall–Kier alpha value is -3.01. The van der Waals surface area contributed by atoms with Gasteiger partial charge in [0, 0.05) is 35.1 Å². The van der Waals surface area contributed by atoms with Gasteiger partial charge in [0.25, 0.3) is 5.56 Å². The van der Waals surface area contributed by atoms with E-state index in [1.807, 2.05) is 35.9 Å². The molecule has 1 aliphatic heterocycles. The van der Waals surface area contributed by atoms with Crippen LogP contribution in [-0.4, -0.2) is 30.5 Å². The molecule has 4 aromatic rings. The summed E-state index contributed by atoms with van der Waals surface area (Å²) >= 11 is 2.39. The Morgan fingerprint density at radius 1 is 1.09 bits per heavy atom. The summed E-state index contributed by atoms with van der Waals surface area (Å²) in [6, 6.07) is 17.2. The molecule has 0 amide bonds. The first kappa shape index (κ1) is 20.9. The zero-order valence-corrected chi connectivity index (χ0v) is 19.6. The summed E-state index contributed by atoms with van der Waals surface area (Å²) in [5, 5.41) is 13.1. The van der Waals surface area contributed by atoms with Crippen molar-refractivity contribution in [1.29, 1.82) is 0 Å². The number of aromatic nitrogens is 4. The third-order valence-corrected chi connectivity index (χ3v) is 6.92. The topological polar surface area (TPSA) is 64.7 Å². The molecular weight excluding hydrogens is 520 g/mol. The molecule has 162 valence electrons. The Labute approximate surface area is 198 Å². The Balaban J connectivity index is 1.72. The molecular formula is C24H21FIN5O. The van der Waals surface area contributed by atoms with Crippen LogP contribution < -0.4 is 10.9 Å². The molecule has 0 radical (unpaired) electrons. The predicted octanol–water partition coefficient (Wildman–Crippen LogP) is 4.69. The van der Waals surface area contributed by atoms with Gasteiger partial charge in [-0.2, -0.15) is 14.9 Å². The largest absolute Gasteiger partial charge is 0.369 e. The minimum Gasteiger partial charge on any atom is -0.369 e. The van der Waals surface area contributed by atoms with Crippen LogP contribution in [0.4, 0.5) is 10.2 Å². The second-order valence-electron chi connectivity index (χ2n) is 7.92. The highest BCUT2D eigenvalue weighted by Crippen LogP contribution is 2.38. The van der Waals surface area contributed by atoms with Gasteiger partial charge >= 0.3 is 0 Å². The molecule has 0 fully saturated rings. The Kier molecular flexibility index (Phi) is 5.54. The standard InChI is InChI=1S/C24H21FIN5O/c1-15-4-2-3-5-20(15)31-21(32)11-10-19(28-31)22-23(17-6-8-18(25)9-7-17)29-30-14-16(12-26)13-27-24(22)30/h2-11,16,27H,12-14H2,1H3. The molecule has 1 N–H and O–H groups in total. The lowest BCUT2D eigenvalue weighted by molar-refractivity contribution is 0.456. The van der Waals surface area contributed by atoms with Crippen molar-refractivity contribution in [3.8, 4) is 28.2 Å². The summed E-state index contributed by atoms with van der Waals surface area (Å²) < 4.78 is 18.0. The molecule has 32 heavy (non-hydrogen) atoms. The molecule has 0 bridgehead atoms. The smallest absolute Gasteiger partial charge is 0.271 e. The third-order valence-electron chi connectivity index (χ3n) is 5.68. The van der Waals surface area contributed by atoms with Crippen LogP contribution in [0.5, 0.6) is 0 Å². The van der Waals surface area contributed by atoms with E-state index in [2.05, 4.69) is 27.9 Å². The van der Waals surface area contributed by atoms with Gasteiger partial charge in [-0.15, -0.1) is 0 Å².